The molecule has 0 saturated heterocycles. The van der Waals surface area contributed by atoms with Gasteiger partial charge in [-0.25, -0.2) is 0 Å². The van der Waals surface area contributed by atoms with Gasteiger partial charge in [-0.15, -0.1) is 0 Å². The molecule has 0 aliphatic carbocycles. The lowest BCUT2D eigenvalue weighted by Crippen LogP contribution is -2.12. The van der Waals surface area contributed by atoms with Crippen LogP contribution in [0.1, 0.15) is 22.7 Å². The van der Waals surface area contributed by atoms with E-state index < -0.39 is 0 Å². The first-order valence-corrected chi connectivity index (χ1v) is 6.56. The van der Waals surface area contributed by atoms with Gasteiger partial charge in [0.25, 0.3) is 0 Å². The van der Waals surface area contributed by atoms with Crippen molar-refractivity contribution >= 4 is 15.9 Å². The van der Waals surface area contributed by atoms with Crippen molar-refractivity contribution in [2.75, 3.05) is 7.11 Å². The van der Waals surface area contributed by atoms with Gasteiger partial charge >= 0.3 is 0 Å². The van der Waals surface area contributed by atoms with Gasteiger partial charge in [0, 0.05) is 4.47 Å². The van der Waals surface area contributed by atoms with Crippen LogP contribution in [-0.2, 0) is 0 Å². The fraction of sp³-hybridized carbons (Fsp3) is 0.200. The molecule has 94 valence electrons. The SMILES string of the molecule is COc1cccc(C(N)c2cc(C)cc(Br)c2)c1. The molecule has 2 rings (SSSR count). The summed E-state index contributed by atoms with van der Waals surface area (Å²) < 4.78 is 6.28. The first-order chi connectivity index (χ1) is 8.60. The molecule has 0 aromatic heterocycles. The van der Waals surface area contributed by atoms with Crippen molar-refractivity contribution in [1.29, 1.82) is 0 Å². The quantitative estimate of drug-likeness (QED) is 0.936. The van der Waals surface area contributed by atoms with E-state index >= 15 is 0 Å². The standard InChI is InChI=1S/C15H16BrNO/c1-10-6-12(8-13(16)7-10)15(17)11-4-3-5-14(9-11)18-2/h3-9,15H,17H2,1-2H3. The molecule has 3 heteroatoms. The summed E-state index contributed by atoms with van der Waals surface area (Å²) in [5, 5.41) is 0. The molecule has 1 atom stereocenters. The second-order valence-corrected chi connectivity index (χ2v) is 5.23. The first kappa shape index (κ1) is 13.1. The zero-order valence-corrected chi connectivity index (χ0v) is 12.1. The summed E-state index contributed by atoms with van der Waals surface area (Å²) in [7, 11) is 1.66. The van der Waals surface area contributed by atoms with Gasteiger partial charge in [-0.3, -0.25) is 0 Å². The van der Waals surface area contributed by atoms with Crippen LogP contribution in [0.25, 0.3) is 0 Å². The minimum Gasteiger partial charge on any atom is -0.497 e. The van der Waals surface area contributed by atoms with Crippen molar-refractivity contribution in [3.05, 3.63) is 63.6 Å². The summed E-state index contributed by atoms with van der Waals surface area (Å²) in [6.07, 6.45) is 0. The number of nitrogens with two attached hydrogens (primary N) is 1. The van der Waals surface area contributed by atoms with Crippen LogP contribution < -0.4 is 10.5 Å². The van der Waals surface area contributed by atoms with Crippen molar-refractivity contribution in [2.45, 2.75) is 13.0 Å². The number of ether oxygens (including phenoxy) is 1. The molecule has 0 heterocycles. The third kappa shape index (κ3) is 2.92. The fourth-order valence-corrected chi connectivity index (χ4v) is 2.60. The van der Waals surface area contributed by atoms with Gasteiger partial charge in [0.05, 0.1) is 13.2 Å². The lowest BCUT2D eigenvalue weighted by molar-refractivity contribution is 0.414. The number of aryl methyl sites for hydroxylation is 1. The van der Waals surface area contributed by atoms with E-state index in [9.17, 15) is 0 Å². The van der Waals surface area contributed by atoms with Crippen LogP contribution in [0, 0.1) is 6.92 Å². The van der Waals surface area contributed by atoms with Crippen molar-refractivity contribution in [2.24, 2.45) is 5.73 Å². The Morgan fingerprint density at radius 1 is 1.11 bits per heavy atom. The zero-order valence-electron chi connectivity index (χ0n) is 10.5. The Labute approximate surface area is 116 Å². The molecule has 1 unspecified atom stereocenters. The molecule has 0 amide bonds. The van der Waals surface area contributed by atoms with Crippen LogP contribution in [0.2, 0.25) is 0 Å². The maximum absolute atomic E-state index is 6.30. The van der Waals surface area contributed by atoms with Crippen LogP contribution in [-0.4, -0.2) is 7.11 Å². The Balaban J connectivity index is 2.37. The molecule has 0 radical (unpaired) electrons. The van der Waals surface area contributed by atoms with E-state index in [1.54, 1.807) is 7.11 Å². The van der Waals surface area contributed by atoms with Gasteiger partial charge in [0.15, 0.2) is 0 Å². The number of hydrogen-bond acceptors (Lipinski definition) is 2. The molecule has 18 heavy (non-hydrogen) atoms. The second-order valence-electron chi connectivity index (χ2n) is 4.32. The van der Waals surface area contributed by atoms with Crippen molar-refractivity contribution < 1.29 is 4.74 Å². The van der Waals surface area contributed by atoms with Crippen LogP contribution in [0.5, 0.6) is 5.75 Å². The average Bonchev–Trinajstić information content (AvgIpc) is 2.37. The Hall–Kier alpha value is -1.32. The smallest absolute Gasteiger partial charge is 0.119 e. The highest BCUT2D eigenvalue weighted by Gasteiger charge is 2.10. The molecule has 2 aromatic carbocycles. The Kier molecular flexibility index (Phi) is 4.04. The summed E-state index contributed by atoms with van der Waals surface area (Å²) in [6.45, 7) is 2.06. The van der Waals surface area contributed by atoms with Gasteiger partial charge in [0.1, 0.15) is 5.75 Å². The molecule has 0 bridgehead atoms. The van der Waals surface area contributed by atoms with Crippen LogP contribution >= 0.6 is 15.9 Å². The highest BCUT2D eigenvalue weighted by molar-refractivity contribution is 9.10. The average molecular weight is 306 g/mol. The van der Waals surface area contributed by atoms with Crippen LogP contribution in [0.15, 0.2) is 46.9 Å². The summed E-state index contributed by atoms with van der Waals surface area (Å²) in [4.78, 5) is 0. The number of benzene rings is 2. The molecular weight excluding hydrogens is 290 g/mol. The van der Waals surface area contributed by atoms with Gasteiger partial charge in [0.2, 0.25) is 0 Å². The third-order valence-corrected chi connectivity index (χ3v) is 3.33. The van der Waals surface area contributed by atoms with E-state index in [-0.39, 0.29) is 6.04 Å². The van der Waals surface area contributed by atoms with E-state index in [0.29, 0.717) is 0 Å². The Bertz CT molecular complexity index is 534. The normalized spacial score (nSPS) is 12.2. The van der Waals surface area contributed by atoms with Gasteiger partial charge in [-0.2, -0.15) is 0 Å². The Morgan fingerprint density at radius 3 is 2.56 bits per heavy atom. The van der Waals surface area contributed by atoms with Crippen LogP contribution in [0.4, 0.5) is 0 Å². The number of rotatable bonds is 3. The molecule has 2 nitrogen and oxygen atoms in total. The molecule has 0 fully saturated rings. The first-order valence-electron chi connectivity index (χ1n) is 5.77. The Morgan fingerprint density at radius 2 is 1.89 bits per heavy atom. The van der Waals surface area contributed by atoms with Crippen molar-refractivity contribution in [3.8, 4) is 5.75 Å². The molecule has 0 aliphatic heterocycles. The summed E-state index contributed by atoms with van der Waals surface area (Å²) in [5.41, 5.74) is 9.63. The minimum atomic E-state index is -0.142. The third-order valence-electron chi connectivity index (χ3n) is 2.88. The van der Waals surface area contributed by atoms with Crippen molar-refractivity contribution in [1.82, 2.24) is 0 Å². The lowest BCUT2D eigenvalue weighted by Gasteiger charge is -2.14. The van der Waals surface area contributed by atoms with Gasteiger partial charge in [-0.1, -0.05) is 34.1 Å². The topological polar surface area (TPSA) is 35.2 Å². The minimum absolute atomic E-state index is 0.142. The largest absolute Gasteiger partial charge is 0.497 e. The van der Waals surface area contributed by atoms with Crippen LogP contribution in [0.3, 0.4) is 0 Å². The molecule has 2 aromatic rings. The van der Waals surface area contributed by atoms with E-state index in [2.05, 4.69) is 41.1 Å². The second kappa shape index (κ2) is 5.55. The highest BCUT2D eigenvalue weighted by atomic mass is 79.9. The molecule has 0 spiro atoms. The van der Waals surface area contributed by atoms with Gasteiger partial charge in [-0.05, 0) is 47.9 Å². The summed E-state index contributed by atoms with van der Waals surface area (Å²) in [6, 6.07) is 14.0. The number of halogens is 1. The monoisotopic (exact) mass is 305 g/mol. The maximum atomic E-state index is 6.30. The molecule has 0 aliphatic rings. The summed E-state index contributed by atoms with van der Waals surface area (Å²) >= 11 is 3.50. The van der Waals surface area contributed by atoms with E-state index in [0.717, 1.165) is 21.3 Å². The fourth-order valence-electron chi connectivity index (χ4n) is 1.97. The lowest BCUT2D eigenvalue weighted by atomic mass is 9.98. The van der Waals surface area contributed by atoms with E-state index in [1.165, 1.54) is 5.56 Å². The predicted octanol–water partition coefficient (Wildman–Crippen LogP) is 3.81. The van der Waals surface area contributed by atoms with E-state index in [1.807, 2.05) is 24.3 Å². The molecule has 2 N–H and O–H groups in total. The number of methoxy groups -OCH3 is 1. The van der Waals surface area contributed by atoms with E-state index in [4.69, 9.17) is 10.5 Å². The maximum Gasteiger partial charge on any atom is 0.119 e. The van der Waals surface area contributed by atoms with Crippen molar-refractivity contribution in [3.63, 3.8) is 0 Å². The number of hydrogen-bond donors (Lipinski definition) is 1. The summed E-state index contributed by atoms with van der Waals surface area (Å²) in [5.74, 6) is 0.828. The molecule has 0 saturated carbocycles. The van der Waals surface area contributed by atoms with Gasteiger partial charge < -0.3 is 10.5 Å². The predicted molar refractivity (Wildman–Crippen MR) is 77.9 cm³/mol. The molecular formula is C15H16BrNO. The highest BCUT2D eigenvalue weighted by Crippen LogP contribution is 2.26. The zero-order chi connectivity index (χ0) is 13.1.